The van der Waals surface area contributed by atoms with Gasteiger partial charge in [0.25, 0.3) is 5.91 Å². The van der Waals surface area contributed by atoms with Gasteiger partial charge in [-0.25, -0.2) is 4.98 Å². The number of hydrogen-bond donors (Lipinski definition) is 2. The van der Waals surface area contributed by atoms with Crippen LogP contribution in [0.25, 0.3) is 10.2 Å². The molecule has 0 saturated carbocycles. The molecule has 0 radical (unpaired) electrons. The van der Waals surface area contributed by atoms with E-state index in [0.29, 0.717) is 15.7 Å². The lowest BCUT2D eigenvalue weighted by Gasteiger charge is -2.07. The van der Waals surface area contributed by atoms with E-state index in [1.807, 2.05) is 6.92 Å². The molecule has 0 fully saturated rings. The van der Waals surface area contributed by atoms with E-state index < -0.39 is 0 Å². The van der Waals surface area contributed by atoms with Crippen molar-refractivity contribution in [2.45, 2.75) is 13.8 Å². The van der Waals surface area contributed by atoms with Gasteiger partial charge in [-0.3, -0.25) is 10.1 Å². The van der Waals surface area contributed by atoms with Gasteiger partial charge in [-0.05, 0) is 67.5 Å². The number of nitrogens with one attached hydrogen (secondary N) is 2. The highest BCUT2D eigenvalue weighted by molar-refractivity contribution is 7.80. The van der Waals surface area contributed by atoms with Crippen LogP contribution in [0.4, 0.5) is 5.13 Å². The van der Waals surface area contributed by atoms with Crippen LogP contribution in [0.2, 0.25) is 5.02 Å². The normalized spacial score (nSPS) is 10.6. The third kappa shape index (κ3) is 3.72. The molecule has 0 aliphatic carbocycles. The Labute approximate surface area is 153 Å². The molecule has 3 rings (SSSR count). The number of halogens is 1. The fourth-order valence-corrected chi connectivity index (χ4v) is 3.76. The number of thiazole rings is 1. The molecule has 2 aromatic carbocycles. The third-order valence-electron chi connectivity index (χ3n) is 3.38. The van der Waals surface area contributed by atoms with E-state index in [1.165, 1.54) is 16.9 Å². The molecule has 1 amide bonds. The molecular weight excluding hydrogens is 362 g/mol. The topological polar surface area (TPSA) is 54.0 Å². The number of carbonyl (C=O) groups excluding carboxylic acids is 1. The van der Waals surface area contributed by atoms with E-state index in [1.54, 1.807) is 24.3 Å². The number of benzene rings is 2. The van der Waals surface area contributed by atoms with Crippen molar-refractivity contribution in [3.63, 3.8) is 0 Å². The maximum atomic E-state index is 12.1. The van der Waals surface area contributed by atoms with E-state index >= 15 is 0 Å². The Bertz CT molecular complexity index is 935. The molecule has 0 unspecified atom stereocenters. The summed E-state index contributed by atoms with van der Waals surface area (Å²) >= 11 is 12.5. The first-order valence-electron chi connectivity index (χ1n) is 7.18. The molecule has 0 aliphatic rings. The number of rotatable bonds is 2. The van der Waals surface area contributed by atoms with Gasteiger partial charge in [-0.2, -0.15) is 0 Å². The summed E-state index contributed by atoms with van der Waals surface area (Å²) in [5.41, 5.74) is 3.73. The molecule has 1 heterocycles. The van der Waals surface area contributed by atoms with Gasteiger partial charge >= 0.3 is 0 Å². The number of thiocarbonyl (C=S) groups is 1. The first-order valence-corrected chi connectivity index (χ1v) is 8.78. The van der Waals surface area contributed by atoms with Crippen molar-refractivity contribution in [3.05, 3.63) is 58.1 Å². The Hall–Kier alpha value is -2.02. The van der Waals surface area contributed by atoms with Crippen molar-refractivity contribution >= 4 is 61.5 Å². The van der Waals surface area contributed by atoms with Crippen LogP contribution in [0.5, 0.6) is 0 Å². The van der Waals surface area contributed by atoms with Crippen molar-refractivity contribution < 1.29 is 4.79 Å². The second-order valence-electron chi connectivity index (χ2n) is 5.36. The van der Waals surface area contributed by atoms with Gasteiger partial charge in [0.15, 0.2) is 10.2 Å². The first-order chi connectivity index (χ1) is 11.4. The van der Waals surface area contributed by atoms with Gasteiger partial charge in [-0.1, -0.05) is 29.0 Å². The number of aryl methyl sites for hydroxylation is 2. The van der Waals surface area contributed by atoms with Crippen molar-refractivity contribution in [2.24, 2.45) is 0 Å². The summed E-state index contributed by atoms with van der Waals surface area (Å²) in [6, 6.07) is 10.8. The molecule has 1 aromatic heterocycles. The predicted molar refractivity (Wildman–Crippen MR) is 104 cm³/mol. The second-order valence-corrected chi connectivity index (χ2v) is 7.24. The standard InChI is InChI=1S/C17H14ClN3OS2/c1-9-7-10(2)14-13(8-9)24-17(19-14)21-16(23)20-15(22)11-3-5-12(18)6-4-11/h3-8H,1-2H3,(H2,19,20,21,22,23). The molecule has 0 spiro atoms. The number of nitrogens with zero attached hydrogens (tertiary/aromatic N) is 1. The lowest BCUT2D eigenvalue weighted by Crippen LogP contribution is -2.34. The average Bonchev–Trinajstić information content (AvgIpc) is 2.90. The molecule has 4 nitrogen and oxygen atoms in total. The number of anilines is 1. The largest absolute Gasteiger partial charge is 0.308 e. The van der Waals surface area contributed by atoms with Gasteiger partial charge in [0, 0.05) is 10.6 Å². The number of fused-ring (bicyclic) bond motifs is 1. The second kappa shape index (κ2) is 6.84. The SMILES string of the molecule is Cc1cc(C)c2nc(NC(=S)NC(=O)c3ccc(Cl)cc3)sc2c1. The van der Waals surface area contributed by atoms with Crippen molar-refractivity contribution in [1.82, 2.24) is 10.3 Å². The summed E-state index contributed by atoms with van der Waals surface area (Å²) < 4.78 is 1.09. The Balaban J connectivity index is 1.71. The molecule has 0 aliphatic heterocycles. The van der Waals surface area contributed by atoms with Crippen LogP contribution >= 0.6 is 35.2 Å². The summed E-state index contributed by atoms with van der Waals surface area (Å²) in [4.78, 5) is 16.7. The van der Waals surface area contributed by atoms with Gasteiger partial charge in [0.1, 0.15) is 0 Å². The van der Waals surface area contributed by atoms with E-state index in [0.717, 1.165) is 15.8 Å². The summed E-state index contributed by atoms with van der Waals surface area (Å²) in [6.45, 7) is 4.08. The van der Waals surface area contributed by atoms with E-state index in [4.69, 9.17) is 23.8 Å². The minimum absolute atomic E-state index is 0.211. The molecule has 0 bridgehead atoms. The highest BCUT2D eigenvalue weighted by Crippen LogP contribution is 2.29. The zero-order valence-corrected chi connectivity index (χ0v) is 15.4. The molecule has 122 valence electrons. The highest BCUT2D eigenvalue weighted by atomic mass is 35.5. The van der Waals surface area contributed by atoms with Gasteiger partial charge in [-0.15, -0.1) is 0 Å². The Morgan fingerprint density at radius 2 is 1.92 bits per heavy atom. The molecular formula is C17H14ClN3OS2. The van der Waals surface area contributed by atoms with Crippen molar-refractivity contribution in [2.75, 3.05) is 5.32 Å². The molecule has 3 aromatic rings. The van der Waals surface area contributed by atoms with Crippen LogP contribution in [0.1, 0.15) is 21.5 Å². The van der Waals surface area contributed by atoms with E-state index in [2.05, 4.69) is 34.7 Å². The van der Waals surface area contributed by atoms with Gasteiger partial charge in [0.2, 0.25) is 0 Å². The first kappa shape index (κ1) is 16.8. The maximum Gasteiger partial charge on any atom is 0.257 e. The number of hydrogen-bond acceptors (Lipinski definition) is 4. The minimum Gasteiger partial charge on any atom is -0.308 e. The smallest absolute Gasteiger partial charge is 0.257 e. The monoisotopic (exact) mass is 375 g/mol. The van der Waals surface area contributed by atoms with Crippen molar-refractivity contribution in [3.8, 4) is 0 Å². The van der Waals surface area contributed by atoms with Crippen LogP contribution in [0, 0.1) is 13.8 Å². The van der Waals surface area contributed by atoms with E-state index in [-0.39, 0.29) is 11.0 Å². The minimum atomic E-state index is -0.294. The third-order valence-corrected chi connectivity index (χ3v) is 4.76. The lowest BCUT2D eigenvalue weighted by molar-refractivity contribution is 0.0978. The zero-order valence-electron chi connectivity index (χ0n) is 13.0. The lowest BCUT2D eigenvalue weighted by atomic mass is 10.1. The Kier molecular flexibility index (Phi) is 4.80. The summed E-state index contributed by atoms with van der Waals surface area (Å²) in [5.74, 6) is -0.294. The molecule has 0 saturated heterocycles. The van der Waals surface area contributed by atoms with Crippen LogP contribution < -0.4 is 10.6 Å². The van der Waals surface area contributed by atoms with Crippen LogP contribution in [0.15, 0.2) is 36.4 Å². The molecule has 2 N–H and O–H groups in total. The van der Waals surface area contributed by atoms with Crippen LogP contribution in [0.3, 0.4) is 0 Å². The summed E-state index contributed by atoms with van der Waals surface area (Å²) in [7, 11) is 0. The van der Waals surface area contributed by atoms with Gasteiger partial charge in [0.05, 0.1) is 10.2 Å². The van der Waals surface area contributed by atoms with Crippen LogP contribution in [-0.2, 0) is 0 Å². The fraction of sp³-hybridized carbons (Fsp3) is 0.118. The Morgan fingerprint density at radius 3 is 2.62 bits per heavy atom. The maximum absolute atomic E-state index is 12.1. The van der Waals surface area contributed by atoms with E-state index in [9.17, 15) is 4.79 Å². The molecule has 7 heteroatoms. The number of amides is 1. The van der Waals surface area contributed by atoms with Gasteiger partial charge < -0.3 is 5.32 Å². The number of carbonyl (C=O) groups is 1. The fourth-order valence-electron chi connectivity index (χ4n) is 2.33. The highest BCUT2D eigenvalue weighted by Gasteiger charge is 2.11. The Morgan fingerprint density at radius 1 is 1.21 bits per heavy atom. The quantitative estimate of drug-likeness (QED) is 0.638. The summed E-state index contributed by atoms with van der Waals surface area (Å²) in [6.07, 6.45) is 0. The van der Waals surface area contributed by atoms with Crippen molar-refractivity contribution in [1.29, 1.82) is 0 Å². The average molecular weight is 376 g/mol. The predicted octanol–water partition coefficient (Wildman–Crippen LogP) is 4.69. The zero-order chi connectivity index (χ0) is 17.3. The molecule has 24 heavy (non-hydrogen) atoms. The number of aromatic nitrogens is 1. The molecule has 0 atom stereocenters. The van der Waals surface area contributed by atoms with Crippen LogP contribution in [-0.4, -0.2) is 16.0 Å². The summed E-state index contributed by atoms with van der Waals surface area (Å²) in [5, 5.41) is 7.05.